The lowest BCUT2D eigenvalue weighted by Gasteiger charge is -2.12. The fourth-order valence-electron chi connectivity index (χ4n) is 2.71. The quantitative estimate of drug-likeness (QED) is 0.717. The maximum absolute atomic E-state index is 12.0. The molecule has 3 rings (SSSR count). The van der Waals surface area contributed by atoms with Gasteiger partial charge >= 0.3 is 5.97 Å². The highest BCUT2D eigenvalue weighted by Crippen LogP contribution is 2.33. The lowest BCUT2D eigenvalue weighted by atomic mass is 10.0. The van der Waals surface area contributed by atoms with Gasteiger partial charge in [-0.25, -0.2) is 9.31 Å². The molecule has 0 fully saturated rings. The van der Waals surface area contributed by atoms with E-state index in [-0.39, 0.29) is 23.5 Å². The second-order valence-electron chi connectivity index (χ2n) is 6.45. The van der Waals surface area contributed by atoms with Gasteiger partial charge in [0.05, 0.1) is 7.11 Å². The second kappa shape index (κ2) is 7.06. The molecule has 0 aliphatic heterocycles. The number of aryl methyl sites for hydroxylation is 1. The molecule has 0 bridgehead atoms. The van der Waals surface area contributed by atoms with Gasteiger partial charge in [0.1, 0.15) is 5.75 Å². The molecule has 8 heteroatoms. The molecule has 0 spiro atoms. The fourth-order valence-corrected chi connectivity index (χ4v) is 2.71. The van der Waals surface area contributed by atoms with Gasteiger partial charge in [-0.3, -0.25) is 10.1 Å². The lowest BCUT2D eigenvalue weighted by molar-refractivity contribution is -0.118. The molecule has 0 radical (unpaired) electrons. The van der Waals surface area contributed by atoms with Crippen LogP contribution in [0.1, 0.15) is 29.9 Å². The van der Waals surface area contributed by atoms with Crippen molar-refractivity contribution >= 4 is 23.5 Å². The maximum atomic E-state index is 12.0. The molecule has 3 aromatic rings. The van der Waals surface area contributed by atoms with Gasteiger partial charge in [-0.05, 0) is 31.2 Å². The van der Waals surface area contributed by atoms with Gasteiger partial charge in [0.2, 0.25) is 11.9 Å². The van der Waals surface area contributed by atoms with Crippen molar-refractivity contribution in [2.24, 2.45) is 5.92 Å². The molecule has 0 aliphatic rings. The van der Waals surface area contributed by atoms with E-state index in [2.05, 4.69) is 15.4 Å². The van der Waals surface area contributed by atoms with Crippen LogP contribution in [0.4, 0.5) is 5.95 Å². The molecule has 27 heavy (non-hydrogen) atoms. The SMILES string of the molecule is COc1ccc(C)cc1-c1ccc2nc(NC(=O)C(C)C)nn2c1C(=O)O. The van der Waals surface area contributed by atoms with Crippen molar-refractivity contribution in [3.63, 3.8) is 0 Å². The lowest BCUT2D eigenvalue weighted by Crippen LogP contribution is -2.18. The number of aromatic carboxylic acids is 1. The number of methoxy groups -OCH3 is 1. The van der Waals surface area contributed by atoms with Crippen molar-refractivity contribution < 1.29 is 19.4 Å². The predicted octanol–water partition coefficient (Wildman–Crippen LogP) is 3.01. The van der Waals surface area contributed by atoms with Crippen LogP contribution in [0, 0.1) is 12.8 Å². The summed E-state index contributed by atoms with van der Waals surface area (Å²) >= 11 is 0. The summed E-state index contributed by atoms with van der Waals surface area (Å²) in [6, 6.07) is 8.84. The summed E-state index contributed by atoms with van der Waals surface area (Å²) in [5.41, 5.74) is 2.31. The van der Waals surface area contributed by atoms with Crippen LogP contribution < -0.4 is 10.1 Å². The zero-order valence-corrected chi connectivity index (χ0v) is 15.5. The van der Waals surface area contributed by atoms with Crippen LogP contribution in [0.3, 0.4) is 0 Å². The summed E-state index contributed by atoms with van der Waals surface area (Å²) in [6.45, 7) is 5.41. The molecule has 1 aromatic carbocycles. The first-order valence-corrected chi connectivity index (χ1v) is 8.40. The fraction of sp³-hybridized carbons (Fsp3) is 0.263. The number of fused-ring (bicyclic) bond motifs is 1. The molecule has 2 heterocycles. The van der Waals surface area contributed by atoms with Gasteiger partial charge in [0.15, 0.2) is 11.3 Å². The minimum Gasteiger partial charge on any atom is -0.496 e. The number of benzene rings is 1. The summed E-state index contributed by atoms with van der Waals surface area (Å²) in [6.07, 6.45) is 0. The third kappa shape index (κ3) is 3.46. The van der Waals surface area contributed by atoms with Crippen LogP contribution in [0.15, 0.2) is 30.3 Å². The van der Waals surface area contributed by atoms with Crippen LogP contribution in [0.5, 0.6) is 5.75 Å². The number of nitrogens with zero attached hydrogens (tertiary/aromatic N) is 3. The summed E-state index contributed by atoms with van der Waals surface area (Å²) in [4.78, 5) is 28.1. The average Bonchev–Trinajstić information content (AvgIpc) is 3.02. The summed E-state index contributed by atoms with van der Waals surface area (Å²) in [7, 11) is 1.53. The number of nitrogens with one attached hydrogen (secondary N) is 1. The van der Waals surface area contributed by atoms with E-state index in [0.717, 1.165) is 5.56 Å². The highest BCUT2D eigenvalue weighted by atomic mass is 16.5. The minimum atomic E-state index is -1.16. The van der Waals surface area contributed by atoms with E-state index in [1.165, 1.54) is 11.6 Å². The zero-order chi connectivity index (χ0) is 19.7. The first-order valence-electron chi connectivity index (χ1n) is 8.40. The topological polar surface area (TPSA) is 106 Å². The number of aromatic nitrogens is 3. The van der Waals surface area contributed by atoms with Crippen molar-refractivity contribution in [1.29, 1.82) is 0 Å². The number of rotatable bonds is 5. The Labute approximate surface area is 155 Å². The van der Waals surface area contributed by atoms with Crippen molar-refractivity contribution in [3.05, 3.63) is 41.6 Å². The molecule has 0 aliphatic carbocycles. The van der Waals surface area contributed by atoms with Gasteiger partial charge < -0.3 is 9.84 Å². The third-order valence-corrected chi connectivity index (χ3v) is 4.11. The standard InChI is InChI=1S/C19H20N4O4/c1-10(2)17(24)21-19-20-15-8-6-12(16(18(25)26)23(15)22-19)13-9-11(3)5-7-14(13)27-4/h5-10H,1-4H3,(H,25,26)(H,21,22,24). The van der Waals surface area contributed by atoms with E-state index in [4.69, 9.17) is 4.74 Å². The minimum absolute atomic E-state index is 0.0598. The smallest absolute Gasteiger partial charge is 0.355 e. The highest BCUT2D eigenvalue weighted by molar-refractivity contribution is 5.96. The molecule has 2 N–H and O–H groups in total. The Kier molecular flexibility index (Phi) is 4.81. The van der Waals surface area contributed by atoms with E-state index in [0.29, 0.717) is 22.5 Å². The molecule has 0 atom stereocenters. The number of carbonyl (C=O) groups excluding carboxylic acids is 1. The van der Waals surface area contributed by atoms with Crippen molar-refractivity contribution in [2.45, 2.75) is 20.8 Å². The van der Waals surface area contributed by atoms with Crippen LogP contribution in [-0.4, -0.2) is 38.7 Å². The Balaban J connectivity index is 2.21. The maximum Gasteiger partial charge on any atom is 0.355 e. The van der Waals surface area contributed by atoms with Gasteiger partial charge in [-0.1, -0.05) is 25.5 Å². The summed E-state index contributed by atoms with van der Waals surface area (Å²) in [5, 5.41) is 16.6. The van der Waals surface area contributed by atoms with E-state index in [1.807, 2.05) is 19.1 Å². The third-order valence-electron chi connectivity index (χ3n) is 4.11. The van der Waals surface area contributed by atoms with Gasteiger partial charge in [-0.2, -0.15) is 4.98 Å². The number of carboxylic acid groups (broad SMARTS) is 1. The number of hydrogen-bond donors (Lipinski definition) is 2. The van der Waals surface area contributed by atoms with Gasteiger partial charge in [0, 0.05) is 17.0 Å². The molecular weight excluding hydrogens is 348 g/mol. The van der Waals surface area contributed by atoms with Crippen LogP contribution in [0.25, 0.3) is 16.8 Å². The molecule has 0 saturated heterocycles. The predicted molar refractivity (Wildman–Crippen MR) is 100 cm³/mol. The Morgan fingerprint density at radius 3 is 2.56 bits per heavy atom. The van der Waals surface area contributed by atoms with Crippen molar-refractivity contribution in [3.8, 4) is 16.9 Å². The van der Waals surface area contributed by atoms with E-state index in [9.17, 15) is 14.7 Å². The van der Waals surface area contributed by atoms with Gasteiger partial charge in [-0.15, -0.1) is 5.10 Å². The Morgan fingerprint density at radius 2 is 1.93 bits per heavy atom. The zero-order valence-electron chi connectivity index (χ0n) is 15.5. The largest absolute Gasteiger partial charge is 0.496 e. The molecular formula is C19H20N4O4. The Morgan fingerprint density at radius 1 is 1.19 bits per heavy atom. The highest BCUT2D eigenvalue weighted by Gasteiger charge is 2.22. The molecule has 0 saturated carbocycles. The first-order chi connectivity index (χ1) is 12.8. The van der Waals surface area contributed by atoms with Crippen LogP contribution in [-0.2, 0) is 4.79 Å². The molecule has 140 valence electrons. The summed E-state index contributed by atoms with van der Waals surface area (Å²) < 4.78 is 6.61. The van der Waals surface area contributed by atoms with Gasteiger partial charge in [0.25, 0.3) is 0 Å². The molecule has 1 amide bonds. The van der Waals surface area contributed by atoms with E-state index >= 15 is 0 Å². The number of hydrogen-bond acceptors (Lipinski definition) is 5. The molecule has 8 nitrogen and oxygen atoms in total. The Hall–Kier alpha value is -3.42. The Bertz CT molecular complexity index is 1040. The van der Waals surface area contributed by atoms with E-state index in [1.54, 1.807) is 32.0 Å². The number of ether oxygens (including phenoxy) is 1. The number of pyridine rings is 1. The van der Waals surface area contributed by atoms with Crippen molar-refractivity contribution in [2.75, 3.05) is 12.4 Å². The van der Waals surface area contributed by atoms with E-state index < -0.39 is 5.97 Å². The van der Waals surface area contributed by atoms with Crippen LogP contribution >= 0.6 is 0 Å². The number of carbonyl (C=O) groups is 2. The molecule has 0 unspecified atom stereocenters. The van der Waals surface area contributed by atoms with Crippen LogP contribution in [0.2, 0.25) is 0 Å². The average molecular weight is 368 g/mol. The first kappa shape index (κ1) is 18.4. The number of carboxylic acids is 1. The number of anilines is 1. The monoisotopic (exact) mass is 368 g/mol. The number of amides is 1. The normalized spacial score (nSPS) is 11.0. The van der Waals surface area contributed by atoms with Crippen molar-refractivity contribution in [1.82, 2.24) is 14.6 Å². The molecule has 2 aromatic heterocycles. The summed E-state index contributed by atoms with van der Waals surface area (Å²) in [5.74, 6) is -1.04. The second-order valence-corrected chi connectivity index (χ2v) is 6.45.